The zero-order valence-electron chi connectivity index (χ0n) is 12.3. The summed E-state index contributed by atoms with van der Waals surface area (Å²) in [5.41, 5.74) is 9.41. The maximum Gasteiger partial charge on any atom is 0.227 e. The molecule has 21 heavy (non-hydrogen) atoms. The predicted molar refractivity (Wildman–Crippen MR) is 85.5 cm³/mol. The summed E-state index contributed by atoms with van der Waals surface area (Å²) in [6.07, 6.45) is 0.279. The van der Waals surface area contributed by atoms with Gasteiger partial charge < -0.3 is 15.8 Å². The van der Waals surface area contributed by atoms with Gasteiger partial charge in [-0.05, 0) is 37.6 Å². The third-order valence-corrected chi connectivity index (χ3v) is 3.16. The minimum absolute atomic E-state index is 0.0727. The smallest absolute Gasteiger partial charge is 0.227 e. The van der Waals surface area contributed by atoms with Gasteiger partial charge in [0.1, 0.15) is 5.75 Å². The lowest BCUT2D eigenvalue weighted by atomic mass is 10.1. The SMILES string of the molecule is Cc1ccc(NC(=O)CCOc2ccccc2N)c(C)c1. The normalized spacial score (nSPS) is 10.2. The molecule has 0 aromatic heterocycles. The summed E-state index contributed by atoms with van der Waals surface area (Å²) in [6, 6.07) is 13.2. The minimum atomic E-state index is -0.0727. The van der Waals surface area contributed by atoms with E-state index in [1.807, 2.05) is 44.2 Å². The molecule has 2 rings (SSSR count). The van der Waals surface area contributed by atoms with Crippen molar-refractivity contribution in [2.24, 2.45) is 0 Å². The number of carbonyl (C=O) groups is 1. The molecule has 0 bridgehead atoms. The van der Waals surface area contributed by atoms with E-state index in [2.05, 4.69) is 5.32 Å². The van der Waals surface area contributed by atoms with Crippen molar-refractivity contribution in [1.82, 2.24) is 0 Å². The third-order valence-electron chi connectivity index (χ3n) is 3.16. The maximum absolute atomic E-state index is 11.9. The molecule has 0 saturated heterocycles. The molecule has 2 aromatic carbocycles. The third kappa shape index (κ3) is 4.24. The van der Waals surface area contributed by atoms with Crippen LogP contribution in [0.5, 0.6) is 5.75 Å². The fourth-order valence-electron chi connectivity index (χ4n) is 2.03. The van der Waals surface area contributed by atoms with Gasteiger partial charge in [-0.1, -0.05) is 29.8 Å². The van der Waals surface area contributed by atoms with E-state index in [1.54, 1.807) is 12.1 Å². The lowest BCUT2D eigenvalue weighted by Crippen LogP contribution is -2.16. The summed E-state index contributed by atoms with van der Waals surface area (Å²) in [7, 11) is 0. The molecule has 0 unspecified atom stereocenters. The number of nitrogens with two attached hydrogens (primary N) is 1. The quantitative estimate of drug-likeness (QED) is 0.828. The Bertz CT molecular complexity index is 638. The number of nitrogens with one attached hydrogen (secondary N) is 1. The Kier molecular flexibility index (Phi) is 4.82. The van der Waals surface area contributed by atoms with Crippen molar-refractivity contribution in [3.8, 4) is 5.75 Å². The van der Waals surface area contributed by atoms with Gasteiger partial charge in [0.2, 0.25) is 5.91 Å². The van der Waals surface area contributed by atoms with Crippen LogP contribution >= 0.6 is 0 Å². The predicted octanol–water partition coefficient (Wildman–Crippen LogP) is 3.29. The molecule has 0 saturated carbocycles. The molecular formula is C17H20N2O2. The highest BCUT2D eigenvalue weighted by Gasteiger charge is 2.06. The fourth-order valence-corrected chi connectivity index (χ4v) is 2.03. The summed E-state index contributed by atoms with van der Waals surface area (Å²) in [6.45, 7) is 4.30. The number of hydrogen-bond donors (Lipinski definition) is 2. The second-order valence-electron chi connectivity index (χ2n) is 5.00. The minimum Gasteiger partial charge on any atom is -0.491 e. The van der Waals surface area contributed by atoms with Crippen LogP contribution in [-0.4, -0.2) is 12.5 Å². The second kappa shape index (κ2) is 6.79. The molecule has 3 N–H and O–H groups in total. The van der Waals surface area contributed by atoms with E-state index in [0.29, 0.717) is 18.0 Å². The van der Waals surface area contributed by atoms with Crippen molar-refractivity contribution >= 4 is 17.3 Å². The van der Waals surface area contributed by atoms with Gasteiger partial charge in [0.05, 0.1) is 18.7 Å². The van der Waals surface area contributed by atoms with E-state index in [9.17, 15) is 4.79 Å². The van der Waals surface area contributed by atoms with Gasteiger partial charge in [-0.2, -0.15) is 0 Å². The highest BCUT2D eigenvalue weighted by Crippen LogP contribution is 2.20. The van der Waals surface area contributed by atoms with Crippen LogP contribution in [0.15, 0.2) is 42.5 Å². The van der Waals surface area contributed by atoms with Crippen molar-refractivity contribution in [3.05, 3.63) is 53.6 Å². The molecule has 1 amide bonds. The summed E-state index contributed by atoms with van der Waals surface area (Å²) in [5, 5.41) is 2.89. The molecule has 4 heteroatoms. The number of anilines is 2. The van der Waals surface area contributed by atoms with Crippen molar-refractivity contribution in [2.45, 2.75) is 20.3 Å². The van der Waals surface area contributed by atoms with Gasteiger partial charge in [0.25, 0.3) is 0 Å². The Balaban J connectivity index is 1.84. The maximum atomic E-state index is 11.9. The zero-order chi connectivity index (χ0) is 15.2. The summed E-state index contributed by atoms with van der Waals surface area (Å²) in [5.74, 6) is 0.535. The van der Waals surface area contributed by atoms with Crippen LogP contribution in [0.4, 0.5) is 11.4 Å². The Morgan fingerprint density at radius 2 is 1.95 bits per heavy atom. The molecule has 0 aliphatic carbocycles. The number of aryl methyl sites for hydroxylation is 2. The molecule has 0 heterocycles. The lowest BCUT2D eigenvalue weighted by molar-refractivity contribution is -0.116. The summed E-state index contributed by atoms with van der Waals surface area (Å²) >= 11 is 0. The molecule has 0 spiro atoms. The van der Waals surface area contributed by atoms with Crippen LogP contribution in [0.25, 0.3) is 0 Å². The number of carbonyl (C=O) groups excluding carboxylic acids is 1. The van der Waals surface area contributed by atoms with Crippen LogP contribution in [0.3, 0.4) is 0 Å². The Labute approximate surface area is 124 Å². The van der Waals surface area contributed by atoms with Crippen LogP contribution in [0, 0.1) is 13.8 Å². The number of rotatable bonds is 5. The van der Waals surface area contributed by atoms with Crippen LogP contribution in [0.1, 0.15) is 17.5 Å². The number of nitrogen functional groups attached to an aromatic ring is 1. The average Bonchev–Trinajstić information content (AvgIpc) is 2.44. The number of benzene rings is 2. The van der Waals surface area contributed by atoms with Crippen LogP contribution < -0.4 is 15.8 Å². The fraction of sp³-hybridized carbons (Fsp3) is 0.235. The molecule has 0 fully saturated rings. The molecule has 0 radical (unpaired) electrons. The average molecular weight is 284 g/mol. The molecule has 0 aliphatic rings. The molecule has 0 aliphatic heterocycles. The molecule has 110 valence electrons. The van der Waals surface area contributed by atoms with E-state index >= 15 is 0 Å². The highest BCUT2D eigenvalue weighted by molar-refractivity contribution is 5.91. The van der Waals surface area contributed by atoms with Crippen molar-refractivity contribution < 1.29 is 9.53 Å². The van der Waals surface area contributed by atoms with Crippen molar-refractivity contribution in [2.75, 3.05) is 17.7 Å². The van der Waals surface area contributed by atoms with E-state index in [4.69, 9.17) is 10.5 Å². The first-order valence-corrected chi connectivity index (χ1v) is 6.90. The van der Waals surface area contributed by atoms with Gasteiger partial charge in [-0.3, -0.25) is 4.79 Å². The first-order chi connectivity index (χ1) is 10.1. The number of hydrogen-bond acceptors (Lipinski definition) is 3. The second-order valence-corrected chi connectivity index (χ2v) is 5.00. The van der Waals surface area contributed by atoms with E-state index in [-0.39, 0.29) is 12.3 Å². The molecule has 2 aromatic rings. The Hall–Kier alpha value is -2.49. The first-order valence-electron chi connectivity index (χ1n) is 6.90. The number of amides is 1. The van der Waals surface area contributed by atoms with Gasteiger partial charge in [-0.25, -0.2) is 0 Å². The number of para-hydroxylation sites is 2. The van der Waals surface area contributed by atoms with E-state index in [0.717, 1.165) is 11.3 Å². The molecule has 4 nitrogen and oxygen atoms in total. The summed E-state index contributed by atoms with van der Waals surface area (Å²) in [4.78, 5) is 11.9. The van der Waals surface area contributed by atoms with E-state index < -0.39 is 0 Å². The first kappa shape index (κ1) is 14.9. The topological polar surface area (TPSA) is 64.3 Å². The zero-order valence-corrected chi connectivity index (χ0v) is 12.3. The largest absolute Gasteiger partial charge is 0.491 e. The van der Waals surface area contributed by atoms with Crippen LogP contribution in [-0.2, 0) is 4.79 Å². The highest BCUT2D eigenvalue weighted by atomic mass is 16.5. The van der Waals surface area contributed by atoms with Crippen LogP contribution in [0.2, 0.25) is 0 Å². The lowest BCUT2D eigenvalue weighted by Gasteiger charge is -2.10. The van der Waals surface area contributed by atoms with Gasteiger partial charge in [0, 0.05) is 5.69 Å². The van der Waals surface area contributed by atoms with Gasteiger partial charge in [-0.15, -0.1) is 0 Å². The van der Waals surface area contributed by atoms with Crippen molar-refractivity contribution in [1.29, 1.82) is 0 Å². The Morgan fingerprint density at radius 1 is 1.19 bits per heavy atom. The standard InChI is InChI=1S/C17H20N2O2/c1-12-7-8-15(13(2)11-12)19-17(20)9-10-21-16-6-4-3-5-14(16)18/h3-8,11H,9-10,18H2,1-2H3,(H,19,20). The molecular weight excluding hydrogens is 264 g/mol. The number of ether oxygens (including phenoxy) is 1. The van der Waals surface area contributed by atoms with E-state index in [1.165, 1.54) is 5.56 Å². The molecule has 0 atom stereocenters. The van der Waals surface area contributed by atoms with Crippen molar-refractivity contribution in [3.63, 3.8) is 0 Å². The summed E-state index contributed by atoms with van der Waals surface area (Å²) < 4.78 is 5.51. The monoisotopic (exact) mass is 284 g/mol. The van der Waals surface area contributed by atoms with Gasteiger partial charge >= 0.3 is 0 Å². The van der Waals surface area contributed by atoms with Gasteiger partial charge in [0.15, 0.2) is 0 Å². The Morgan fingerprint density at radius 3 is 2.67 bits per heavy atom.